The Morgan fingerprint density at radius 2 is 2.00 bits per heavy atom. The van der Waals surface area contributed by atoms with Gasteiger partial charge in [0.2, 0.25) is 0 Å². The summed E-state index contributed by atoms with van der Waals surface area (Å²) in [6.07, 6.45) is 3.07. The van der Waals surface area contributed by atoms with Gasteiger partial charge in [0, 0.05) is 6.92 Å². The lowest BCUT2D eigenvalue weighted by Gasteiger charge is -2.00. The molecule has 0 heterocycles. The highest BCUT2D eigenvalue weighted by molar-refractivity contribution is 5.73. The molecule has 0 saturated carbocycles. The maximum atomic E-state index is 9.00. The van der Waals surface area contributed by atoms with Crippen LogP contribution in [0.15, 0.2) is 30.3 Å². The first-order chi connectivity index (χ1) is 7.15. The molecule has 0 spiro atoms. The standard InChI is InChI=1S/C10H10O.C2H4O2/c11-7-9-6-5-8-3-1-2-4-10(8)9;1-2(3)4/h1-4,6,11H,5,7H2;1H3,(H,3,4). The van der Waals surface area contributed by atoms with Crippen molar-refractivity contribution in [3.63, 3.8) is 0 Å². The first kappa shape index (κ1) is 11.5. The molecule has 0 aromatic heterocycles. The molecule has 0 saturated heterocycles. The minimum absolute atomic E-state index is 0.164. The van der Waals surface area contributed by atoms with Crippen LogP contribution >= 0.6 is 0 Å². The third-order valence-corrected chi connectivity index (χ3v) is 2.10. The van der Waals surface area contributed by atoms with Crippen molar-refractivity contribution in [3.05, 3.63) is 41.5 Å². The molecule has 0 fully saturated rings. The monoisotopic (exact) mass is 206 g/mol. The highest BCUT2D eigenvalue weighted by Gasteiger charge is 2.10. The van der Waals surface area contributed by atoms with Crippen molar-refractivity contribution in [1.82, 2.24) is 0 Å². The van der Waals surface area contributed by atoms with Gasteiger partial charge in [-0.05, 0) is 23.1 Å². The van der Waals surface area contributed by atoms with Crippen molar-refractivity contribution >= 4 is 11.5 Å². The van der Waals surface area contributed by atoms with E-state index < -0.39 is 5.97 Å². The first-order valence-corrected chi connectivity index (χ1v) is 4.73. The second kappa shape index (κ2) is 5.32. The van der Waals surface area contributed by atoms with Crippen molar-refractivity contribution in [2.24, 2.45) is 0 Å². The van der Waals surface area contributed by atoms with E-state index >= 15 is 0 Å². The summed E-state index contributed by atoms with van der Waals surface area (Å²) in [6, 6.07) is 8.21. The summed E-state index contributed by atoms with van der Waals surface area (Å²) in [7, 11) is 0. The predicted molar refractivity (Wildman–Crippen MR) is 58.5 cm³/mol. The Morgan fingerprint density at radius 3 is 2.60 bits per heavy atom. The number of hydrogen-bond donors (Lipinski definition) is 2. The van der Waals surface area contributed by atoms with Gasteiger partial charge < -0.3 is 10.2 Å². The summed E-state index contributed by atoms with van der Waals surface area (Å²) in [4.78, 5) is 9.00. The van der Waals surface area contributed by atoms with Crippen LogP contribution in [0.3, 0.4) is 0 Å². The topological polar surface area (TPSA) is 57.5 Å². The molecule has 3 heteroatoms. The molecule has 0 unspecified atom stereocenters. The van der Waals surface area contributed by atoms with Crippen LogP contribution < -0.4 is 0 Å². The van der Waals surface area contributed by atoms with E-state index in [9.17, 15) is 0 Å². The molecule has 15 heavy (non-hydrogen) atoms. The number of aliphatic hydroxyl groups is 1. The van der Waals surface area contributed by atoms with E-state index in [1.807, 2.05) is 12.1 Å². The van der Waals surface area contributed by atoms with Crippen LogP contribution in [-0.2, 0) is 11.2 Å². The SMILES string of the molecule is CC(=O)O.OCC1=CCc2ccccc21. The largest absolute Gasteiger partial charge is 0.481 e. The lowest BCUT2D eigenvalue weighted by atomic mass is 10.1. The molecule has 1 aliphatic rings. The van der Waals surface area contributed by atoms with Crippen LogP contribution in [0, 0.1) is 0 Å². The van der Waals surface area contributed by atoms with Gasteiger partial charge in [-0.15, -0.1) is 0 Å². The van der Waals surface area contributed by atoms with Crippen LogP contribution in [0.4, 0.5) is 0 Å². The molecule has 80 valence electrons. The molecular weight excluding hydrogens is 192 g/mol. The third-order valence-electron chi connectivity index (χ3n) is 2.10. The second-order valence-electron chi connectivity index (χ2n) is 3.27. The van der Waals surface area contributed by atoms with Gasteiger partial charge in [0.15, 0.2) is 0 Å². The summed E-state index contributed by atoms with van der Waals surface area (Å²) in [6.45, 7) is 1.25. The van der Waals surface area contributed by atoms with E-state index in [4.69, 9.17) is 15.0 Å². The number of hydrogen-bond acceptors (Lipinski definition) is 2. The molecule has 0 bridgehead atoms. The zero-order valence-electron chi connectivity index (χ0n) is 8.60. The van der Waals surface area contributed by atoms with Crippen LogP contribution in [0.1, 0.15) is 18.1 Å². The van der Waals surface area contributed by atoms with Crippen LogP contribution in [-0.4, -0.2) is 22.8 Å². The Bertz CT molecular complexity index is 376. The molecule has 3 nitrogen and oxygen atoms in total. The van der Waals surface area contributed by atoms with E-state index in [0.29, 0.717) is 0 Å². The number of rotatable bonds is 1. The Balaban J connectivity index is 0.000000245. The summed E-state index contributed by atoms with van der Waals surface area (Å²) in [5.74, 6) is -0.833. The highest BCUT2D eigenvalue weighted by atomic mass is 16.4. The normalized spacial score (nSPS) is 12.3. The number of allylic oxidation sites excluding steroid dienone is 1. The fourth-order valence-electron chi connectivity index (χ4n) is 1.50. The third kappa shape index (κ3) is 3.22. The minimum atomic E-state index is -0.833. The number of fused-ring (bicyclic) bond motifs is 1. The second-order valence-corrected chi connectivity index (χ2v) is 3.27. The predicted octanol–water partition coefficient (Wildman–Crippen LogP) is 1.71. The molecule has 2 N–H and O–H groups in total. The van der Waals surface area contributed by atoms with Gasteiger partial charge in [0.05, 0.1) is 6.61 Å². The summed E-state index contributed by atoms with van der Waals surface area (Å²) < 4.78 is 0. The molecule has 1 aromatic rings. The van der Waals surface area contributed by atoms with Gasteiger partial charge >= 0.3 is 0 Å². The summed E-state index contributed by atoms with van der Waals surface area (Å²) in [5, 5.41) is 16.4. The first-order valence-electron chi connectivity index (χ1n) is 4.73. The zero-order chi connectivity index (χ0) is 11.3. The smallest absolute Gasteiger partial charge is 0.300 e. The van der Waals surface area contributed by atoms with Crippen LogP contribution in [0.5, 0.6) is 0 Å². The van der Waals surface area contributed by atoms with Crippen molar-refractivity contribution in [2.45, 2.75) is 13.3 Å². The Labute approximate surface area is 88.7 Å². The van der Waals surface area contributed by atoms with E-state index in [-0.39, 0.29) is 6.61 Å². The number of carbonyl (C=O) groups is 1. The Kier molecular flexibility index (Phi) is 4.06. The quantitative estimate of drug-likeness (QED) is 0.735. The van der Waals surface area contributed by atoms with Gasteiger partial charge in [-0.2, -0.15) is 0 Å². The maximum Gasteiger partial charge on any atom is 0.300 e. The molecule has 1 aliphatic carbocycles. The number of carboxylic acids is 1. The fraction of sp³-hybridized carbons (Fsp3) is 0.250. The molecule has 1 aromatic carbocycles. The number of aliphatic hydroxyl groups excluding tert-OH is 1. The number of benzene rings is 1. The number of aliphatic carboxylic acids is 1. The maximum absolute atomic E-state index is 9.00. The van der Waals surface area contributed by atoms with Crippen LogP contribution in [0.2, 0.25) is 0 Å². The zero-order valence-corrected chi connectivity index (χ0v) is 8.60. The van der Waals surface area contributed by atoms with Gasteiger partial charge in [-0.25, -0.2) is 0 Å². The Morgan fingerprint density at radius 1 is 1.40 bits per heavy atom. The highest BCUT2D eigenvalue weighted by Crippen LogP contribution is 2.25. The van der Waals surface area contributed by atoms with Gasteiger partial charge in [-0.3, -0.25) is 4.79 Å². The van der Waals surface area contributed by atoms with Gasteiger partial charge in [0.1, 0.15) is 0 Å². The Hall–Kier alpha value is -1.61. The average molecular weight is 206 g/mol. The average Bonchev–Trinajstić information content (AvgIpc) is 2.59. The lowest BCUT2D eigenvalue weighted by molar-refractivity contribution is -0.134. The summed E-state index contributed by atoms with van der Waals surface area (Å²) in [5.41, 5.74) is 3.62. The van der Waals surface area contributed by atoms with Gasteiger partial charge in [0.25, 0.3) is 5.97 Å². The molecule has 0 amide bonds. The summed E-state index contributed by atoms with van der Waals surface area (Å²) >= 11 is 0. The molecule has 0 atom stereocenters. The molecular formula is C12H14O3. The van der Waals surface area contributed by atoms with E-state index in [1.54, 1.807) is 0 Å². The number of carboxylic acid groups (broad SMARTS) is 1. The van der Waals surface area contributed by atoms with Crippen molar-refractivity contribution < 1.29 is 15.0 Å². The van der Waals surface area contributed by atoms with Crippen LogP contribution in [0.25, 0.3) is 5.57 Å². The molecule has 0 radical (unpaired) electrons. The van der Waals surface area contributed by atoms with Crippen molar-refractivity contribution in [3.8, 4) is 0 Å². The molecule has 0 aliphatic heterocycles. The van der Waals surface area contributed by atoms with E-state index in [1.165, 1.54) is 11.1 Å². The van der Waals surface area contributed by atoms with Crippen molar-refractivity contribution in [1.29, 1.82) is 0 Å². The lowest BCUT2D eigenvalue weighted by Crippen LogP contribution is -1.87. The van der Waals surface area contributed by atoms with E-state index in [0.717, 1.165) is 18.9 Å². The van der Waals surface area contributed by atoms with Gasteiger partial charge in [-0.1, -0.05) is 30.3 Å². The minimum Gasteiger partial charge on any atom is -0.481 e. The molecule has 2 rings (SSSR count). The fourth-order valence-corrected chi connectivity index (χ4v) is 1.50. The van der Waals surface area contributed by atoms with Crippen molar-refractivity contribution in [2.75, 3.05) is 6.61 Å². The van der Waals surface area contributed by atoms with E-state index in [2.05, 4.69) is 18.2 Å².